The lowest BCUT2D eigenvalue weighted by molar-refractivity contribution is -0.105. The van der Waals surface area contributed by atoms with Gasteiger partial charge in [0, 0.05) is 18.8 Å². The predicted molar refractivity (Wildman–Crippen MR) is 83.2 cm³/mol. The van der Waals surface area contributed by atoms with Crippen LogP contribution in [0.25, 0.3) is 5.52 Å². The molecule has 124 valence electrons. The van der Waals surface area contributed by atoms with Gasteiger partial charge in [-0.25, -0.2) is 4.52 Å². The van der Waals surface area contributed by atoms with Crippen LogP contribution < -0.4 is 5.32 Å². The Labute approximate surface area is 134 Å². The topological polar surface area (TPSA) is 92.0 Å². The van der Waals surface area contributed by atoms with Crippen molar-refractivity contribution in [2.75, 3.05) is 33.4 Å². The molecule has 8 nitrogen and oxygen atoms in total. The van der Waals surface area contributed by atoms with E-state index in [1.807, 2.05) is 26.1 Å². The number of rotatable bonds is 4. The van der Waals surface area contributed by atoms with Crippen LogP contribution in [0.4, 0.5) is 0 Å². The second-order valence-electron chi connectivity index (χ2n) is 6.01. The quantitative estimate of drug-likeness (QED) is 0.792. The summed E-state index contributed by atoms with van der Waals surface area (Å²) in [4.78, 5) is 14.5. The molecule has 1 amide bonds. The third-order valence-corrected chi connectivity index (χ3v) is 4.55. The molecule has 2 atom stereocenters. The summed E-state index contributed by atoms with van der Waals surface area (Å²) in [6.07, 6.45) is 1.73. The van der Waals surface area contributed by atoms with Gasteiger partial charge < -0.3 is 15.2 Å². The number of pyridine rings is 1. The molecule has 3 heterocycles. The number of hydrogen-bond acceptors (Lipinski definition) is 6. The summed E-state index contributed by atoms with van der Waals surface area (Å²) in [5.41, 5.74) is 0.284. The van der Waals surface area contributed by atoms with E-state index in [1.165, 1.54) is 0 Å². The fourth-order valence-corrected chi connectivity index (χ4v) is 2.82. The Morgan fingerprint density at radius 1 is 1.57 bits per heavy atom. The zero-order valence-corrected chi connectivity index (χ0v) is 13.3. The monoisotopic (exact) mass is 319 g/mol. The van der Waals surface area contributed by atoms with Gasteiger partial charge in [-0.15, -0.1) is 5.10 Å². The van der Waals surface area contributed by atoms with Gasteiger partial charge in [0.05, 0.1) is 30.9 Å². The molecule has 0 aromatic carbocycles. The number of carbonyl (C=O) groups is 1. The highest BCUT2D eigenvalue weighted by Gasteiger charge is 2.40. The summed E-state index contributed by atoms with van der Waals surface area (Å²) in [5, 5.41) is 20.5. The van der Waals surface area contributed by atoms with Gasteiger partial charge >= 0.3 is 0 Å². The molecule has 2 aromatic heterocycles. The molecule has 1 saturated heterocycles. The molecule has 0 saturated carbocycles. The van der Waals surface area contributed by atoms with E-state index in [1.54, 1.807) is 16.8 Å². The van der Waals surface area contributed by atoms with E-state index in [0.29, 0.717) is 18.7 Å². The third kappa shape index (κ3) is 2.80. The number of fused-ring (bicyclic) bond motifs is 1. The highest BCUT2D eigenvalue weighted by atomic mass is 16.5. The number of aliphatic hydroxyl groups excluding tert-OH is 1. The maximum absolute atomic E-state index is 12.4. The molecule has 0 radical (unpaired) electrons. The van der Waals surface area contributed by atoms with Crippen LogP contribution in [0.2, 0.25) is 0 Å². The van der Waals surface area contributed by atoms with Crippen LogP contribution in [0.5, 0.6) is 0 Å². The van der Waals surface area contributed by atoms with Gasteiger partial charge in [-0.2, -0.15) is 0 Å². The molecule has 8 heteroatoms. The largest absolute Gasteiger partial charge is 0.394 e. The van der Waals surface area contributed by atoms with Crippen LogP contribution in [0.15, 0.2) is 24.4 Å². The van der Waals surface area contributed by atoms with E-state index in [4.69, 9.17) is 4.74 Å². The highest BCUT2D eigenvalue weighted by molar-refractivity contribution is 5.98. The van der Waals surface area contributed by atoms with Crippen LogP contribution in [0.3, 0.4) is 0 Å². The van der Waals surface area contributed by atoms with Crippen molar-refractivity contribution in [1.29, 1.82) is 0 Å². The van der Waals surface area contributed by atoms with E-state index in [9.17, 15) is 9.90 Å². The molecule has 0 unspecified atom stereocenters. The number of amides is 1. The van der Waals surface area contributed by atoms with E-state index >= 15 is 0 Å². The van der Waals surface area contributed by atoms with Crippen molar-refractivity contribution in [1.82, 2.24) is 25.0 Å². The number of carbonyl (C=O) groups excluding carboxylic acids is 1. The van der Waals surface area contributed by atoms with E-state index in [-0.39, 0.29) is 30.8 Å². The molecule has 1 fully saturated rings. The summed E-state index contributed by atoms with van der Waals surface area (Å²) in [6, 6.07) is 5.60. The molecule has 23 heavy (non-hydrogen) atoms. The number of aliphatic hydroxyl groups is 1. The summed E-state index contributed by atoms with van der Waals surface area (Å²) in [7, 11) is 1.93. The lowest BCUT2D eigenvalue weighted by Crippen LogP contribution is -2.65. The minimum atomic E-state index is -0.629. The highest BCUT2D eigenvalue weighted by Crippen LogP contribution is 2.21. The Morgan fingerprint density at radius 2 is 2.39 bits per heavy atom. The Hall–Kier alpha value is -2.03. The van der Waals surface area contributed by atoms with Gasteiger partial charge in [0.2, 0.25) is 0 Å². The number of aromatic nitrogens is 3. The van der Waals surface area contributed by atoms with E-state index < -0.39 is 5.54 Å². The number of morpholine rings is 1. The minimum Gasteiger partial charge on any atom is -0.394 e. The molecular formula is C15H21N5O3. The van der Waals surface area contributed by atoms with E-state index in [0.717, 1.165) is 0 Å². The van der Waals surface area contributed by atoms with Crippen LogP contribution in [0, 0.1) is 0 Å². The van der Waals surface area contributed by atoms with Gasteiger partial charge in [0.25, 0.3) is 5.91 Å². The van der Waals surface area contributed by atoms with E-state index in [2.05, 4.69) is 20.5 Å². The fourth-order valence-electron chi connectivity index (χ4n) is 2.82. The van der Waals surface area contributed by atoms with Gasteiger partial charge in [-0.05, 0) is 26.1 Å². The standard InChI is InChI=1S/C15H21N5O3/c1-11-7-23-10-15(9-21,19(11)2)8-16-14(22)13-12-5-3-4-6-20(12)18-17-13/h3-6,11,21H,7-10H2,1-2H3,(H,16,22)/t11-,15+/m1/s1. The molecular weight excluding hydrogens is 298 g/mol. The number of ether oxygens (including phenoxy) is 1. The smallest absolute Gasteiger partial charge is 0.274 e. The zero-order chi connectivity index (χ0) is 16.4. The third-order valence-electron chi connectivity index (χ3n) is 4.55. The van der Waals surface area contributed by atoms with Crippen molar-refractivity contribution in [3.8, 4) is 0 Å². The van der Waals surface area contributed by atoms with Crippen LogP contribution in [-0.4, -0.2) is 75.7 Å². The first-order valence-electron chi connectivity index (χ1n) is 7.57. The van der Waals surface area contributed by atoms with Crippen molar-refractivity contribution in [3.63, 3.8) is 0 Å². The first kappa shape index (κ1) is 15.9. The maximum atomic E-state index is 12.4. The molecule has 0 spiro atoms. The average Bonchev–Trinajstić information content (AvgIpc) is 3.00. The maximum Gasteiger partial charge on any atom is 0.274 e. The Kier molecular flexibility index (Phi) is 4.29. The lowest BCUT2D eigenvalue weighted by Gasteiger charge is -2.47. The molecule has 1 aliphatic rings. The average molecular weight is 319 g/mol. The molecule has 2 aromatic rings. The summed E-state index contributed by atoms with van der Waals surface area (Å²) < 4.78 is 7.12. The molecule has 2 N–H and O–H groups in total. The second kappa shape index (κ2) is 6.23. The van der Waals surface area contributed by atoms with Crippen molar-refractivity contribution < 1.29 is 14.6 Å². The van der Waals surface area contributed by atoms with Gasteiger partial charge in [-0.3, -0.25) is 9.69 Å². The fraction of sp³-hybridized carbons (Fsp3) is 0.533. The lowest BCUT2D eigenvalue weighted by atomic mass is 9.96. The first-order chi connectivity index (χ1) is 11.1. The van der Waals surface area contributed by atoms with Crippen LogP contribution in [-0.2, 0) is 4.74 Å². The minimum absolute atomic E-state index is 0.101. The molecule has 0 bridgehead atoms. The van der Waals surface area contributed by atoms with Gasteiger partial charge in [-0.1, -0.05) is 11.3 Å². The molecule has 1 aliphatic heterocycles. The predicted octanol–water partition coefficient (Wildman–Crippen LogP) is -0.459. The van der Waals surface area contributed by atoms with Crippen LogP contribution >= 0.6 is 0 Å². The Morgan fingerprint density at radius 3 is 3.17 bits per heavy atom. The van der Waals surface area contributed by atoms with Gasteiger partial charge in [0.15, 0.2) is 5.69 Å². The number of nitrogens with one attached hydrogen (secondary N) is 1. The number of hydrogen-bond donors (Lipinski definition) is 2. The Balaban J connectivity index is 1.75. The SMILES string of the molecule is C[C@@H]1COC[C@@](CO)(CNC(=O)c2nnn3ccccc23)N1C. The number of nitrogens with zero attached hydrogens (tertiary/aromatic N) is 4. The zero-order valence-electron chi connectivity index (χ0n) is 13.3. The summed E-state index contributed by atoms with van der Waals surface area (Å²) >= 11 is 0. The van der Waals surface area contributed by atoms with Crippen molar-refractivity contribution in [2.45, 2.75) is 18.5 Å². The number of likely N-dealkylation sites (N-methyl/N-ethyl adjacent to an activating group) is 1. The van der Waals surface area contributed by atoms with Crippen molar-refractivity contribution >= 4 is 11.4 Å². The van der Waals surface area contributed by atoms with Crippen molar-refractivity contribution in [2.24, 2.45) is 0 Å². The van der Waals surface area contributed by atoms with Crippen LogP contribution in [0.1, 0.15) is 17.4 Å². The van der Waals surface area contributed by atoms with Gasteiger partial charge in [0.1, 0.15) is 0 Å². The normalized spacial score (nSPS) is 25.6. The second-order valence-corrected chi connectivity index (χ2v) is 6.01. The molecule has 3 rings (SSSR count). The first-order valence-corrected chi connectivity index (χ1v) is 7.57. The summed E-state index contributed by atoms with van der Waals surface area (Å²) in [6.45, 7) is 3.18. The van der Waals surface area contributed by atoms with Crippen molar-refractivity contribution in [3.05, 3.63) is 30.1 Å². The Bertz CT molecular complexity index is 703. The summed E-state index contributed by atoms with van der Waals surface area (Å²) in [5.74, 6) is -0.314. The molecule has 0 aliphatic carbocycles.